The first kappa shape index (κ1) is 19.2. The molecule has 0 saturated carbocycles. The third-order valence-corrected chi connectivity index (χ3v) is 5.08. The summed E-state index contributed by atoms with van der Waals surface area (Å²) in [6.07, 6.45) is 7.04. The van der Waals surface area contributed by atoms with Gasteiger partial charge in [0.25, 0.3) is 0 Å². The van der Waals surface area contributed by atoms with Crippen LogP contribution in [0.15, 0.2) is 0 Å². The van der Waals surface area contributed by atoms with Crippen molar-refractivity contribution in [2.45, 2.75) is 59.3 Å². The molecule has 0 unspecified atom stereocenters. The Morgan fingerprint density at radius 1 is 0.708 bits per heavy atom. The second-order valence-corrected chi connectivity index (χ2v) is 8.32. The molecule has 5 heteroatoms. The number of amides is 2. The number of nitrogens with zero attached hydrogens (tertiary/aromatic N) is 3. The van der Waals surface area contributed by atoms with Crippen LogP contribution in [0.4, 0.5) is 0 Å². The van der Waals surface area contributed by atoms with Crippen LogP contribution in [-0.4, -0.2) is 72.3 Å². The SMILES string of the molecule is CC(C)(C)C(=O)N1CCCN(CC(=O)N2CCCCCCC2)CC1. The van der Waals surface area contributed by atoms with Crippen LogP contribution >= 0.6 is 0 Å². The van der Waals surface area contributed by atoms with Gasteiger partial charge in [-0.25, -0.2) is 0 Å². The van der Waals surface area contributed by atoms with Gasteiger partial charge in [-0.1, -0.05) is 40.0 Å². The van der Waals surface area contributed by atoms with E-state index >= 15 is 0 Å². The minimum absolute atomic E-state index is 0.222. The lowest BCUT2D eigenvalue weighted by Crippen LogP contribution is -2.44. The standard InChI is InChI=1S/C19H35N3O2/c1-19(2,3)18(24)22-13-9-10-20(14-15-22)16-17(23)21-11-7-5-4-6-8-12-21/h4-16H2,1-3H3. The molecular weight excluding hydrogens is 302 g/mol. The molecule has 2 rings (SSSR count). The lowest BCUT2D eigenvalue weighted by atomic mass is 9.94. The van der Waals surface area contributed by atoms with Crippen molar-refractivity contribution in [1.29, 1.82) is 0 Å². The summed E-state index contributed by atoms with van der Waals surface area (Å²) in [4.78, 5) is 31.3. The van der Waals surface area contributed by atoms with E-state index in [4.69, 9.17) is 0 Å². The molecule has 0 N–H and O–H groups in total. The zero-order chi connectivity index (χ0) is 17.6. The molecule has 0 atom stereocenters. The Labute approximate surface area is 147 Å². The molecule has 138 valence electrons. The Kier molecular flexibility index (Phi) is 7.08. The van der Waals surface area contributed by atoms with Gasteiger partial charge in [-0.15, -0.1) is 0 Å². The number of rotatable bonds is 2. The second kappa shape index (κ2) is 8.84. The fourth-order valence-electron chi connectivity index (χ4n) is 3.59. The van der Waals surface area contributed by atoms with Crippen LogP contribution in [0.25, 0.3) is 0 Å². The highest BCUT2D eigenvalue weighted by Crippen LogP contribution is 2.19. The molecule has 2 aliphatic heterocycles. The lowest BCUT2D eigenvalue weighted by Gasteiger charge is -2.29. The van der Waals surface area contributed by atoms with Crippen LogP contribution in [0.2, 0.25) is 0 Å². The molecule has 5 nitrogen and oxygen atoms in total. The molecule has 2 fully saturated rings. The van der Waals surface area contributed by atoms with Crippen LogP contribution in [0.1, 0.15) is 59.3 Å². The number of carbonyl (C=O) groups excluding carboxylic acids is 2. The maximum Gasteiger partial charge on any atom is 0.236 e. The molecule has 0 aliphatic carbocycles. The van der Waals surface area contributed by atoms with E-state index < -0.39 is 0 Å². The minimum Gasteiger partial charge on any atom is -0.342 e. The lowest BCUT2D eigenvalue weighted by molar-refractivity contribution is -0.139. The first-order valence-corrected chi connectivity index (χ1v) is 9.67. The van der Waals surface area contributed by atoms with Crippen molar-refractivity contribution >= 4 is 11.8 Å². The van der Waals surface area contributed by atoms with Crippen LogP contribution in [0.3, 0.4) is 0 Å². The fourth-order valence-corrected chi connectivity index (χ4v) is 3.59. The fraction of sp³-hybridized carbons (Fsp3) is 0.895. The third kappa shape index (κ3) is 5.76. The average molecular weight is 338 g/mol. The third-order valence-electron chi connectivity index (χ3n) is 5.08. The Morgan fingerprint density at radius 3 is 1.92 bits per heavy atom. The van der Waals surface area contributed by atoms with E-state index in [0.717, 1.165) is 58.5 Å². The predicted octanol–water partition coefficient (Wildman–Crippen LogP) is 2.36. The normalized spacial score (nSPS) is 21.8. The highest BCUT2D eigenvalue weighted by molar-refractivity contribution is 5.81. The summed E-state index contributed by atoms with van der Waals surface area (Å²) in [6.45, 7) is 11.5. The monoisotopic (exact) mass is 337 g/mol. The number of hydrogen-bond acceptors (Lipinski definition) is 3. The molecule has 2 heterocycles. The number of hydrogen-bond donors (Lipinski definition) is 0. The van der Waals surface area contributed by atoms with Crippen LogP contribution in [0, 0.1) is 5.41 Å². The first-order chi connectivity index (χ1) is 11.4. The van der Waals surface area contributed by atoms with Crippen molar-refractivity contribution in [1.82, 2.24) is 14.7 Å². The summed E-state index contributed by atoms with van der Waals surface area (Å²) in [6, 6.07) is 0. The predicted molar refractivity (Wildman–Crippen MR) is 96.8 cm³/mol. The van der Waals surface area contributed by atoms with E-state index in [2.05, 4.69) is 9.80 Å². The number of likely N-dealkylation sites (tertiary alicyclic amines) is 1. The van der Waals surface area contributed by atoms with Crippen molar-refractivity contribution in [3.05, 3.63) is 0 Å². The summed E-state index contributed by atoms with van der Waals surface area (Å²) in [5.41, 5.74) is -0.324. The molecule has 0 spiro atoms. The first-order valence-electron chi connectivity index (χ1n) is 9.67. The average Bonchev–Trinajstić information content (AvgIpc) is 2.70. The van der Waals surface area contributed by atoms with Gasteiger partial charge in [0.15, 0.2) is 0 Å². The zero-order valence-corrected chi connectivity index (χ0v) is 15.9. The topological polar surface area (TPSA) is 43.9 Å². The summed E-state index contributed by atoms with van der Waals surface area (Å²) >= 11 is 0. The van der Waals surface area contributed by atoms with E-state index in [9.17, 15) is 9.59 Å². The maximum absolute atomic E-state index is 12.6. The van der Waals surface area contributed by atoms with Crippen LogP contribution < -0.4 is 0 Å². The van der Waals surface area contributed by atoms with E-state index in [1.807, 2.05) is 25.7 Å². The molecule has 2 aliphatic rings. The van der Waals surface area contributed by atoms with Gasteiger partial charge in [0.05, 0.1) is 6.54 Å². The summed E-state index contributed by atoms with van der Waals surface area (Å²) in [5, 5.41) is 0. The molecule has 0 aromatic rings. The van der Waals surface area contributed by atoms with E-state index in [1.165, 1.54) is 19.3 Å². The smallest absolute Gasteiger partial charge is 0.236 e. The molecule has 0 aromatic carbocycles. The van der Waals surface area contributed by atoms with Crippen molar-refractivity contribution in [2.75, 3.05) is 45.8 Å². The van der Waals surface area contributed by atoms with E-state index in [1.54, 1.807) is 0 Å². The van der Waals surface area contributed by atoms with E-state index in [-0.39, 0.29) is 17.2 Å². The second-order valence-electron chi connectivity index (χ2n) is 8.32. The largest absolute Gasteiger partial charge is 0.342 e. The van der Waals surface area contributed by atoms with Gasteiger partial charge in [-0.2, -0.15) is 0 Å². The Balaban J connectivity index is 1.83. The quantitative estimate of drug-likeness (QED) is 0.777. The Morgan fingerprint density at radius 2 is 1.29 bits per heavy atom. The Bertz CT molecular complexity index is 423. The molecule has 24 heavy (non-hydrogen) atoms. The minimum atomic E-state index is -0.324. The van der Waals surface area contributed by atoms with Crippen molar-refractivity contribution in [3.8, 4) is 0 Å². The van der Waals surface area contributed by atoms with Gasteiger partial charge in [0, 0.05) is 44.7 Å². The highest BCUT2D eigenvalue weighted by Gasteiger charge is 2.29. The van der Waals surface area contributed by atoms with Crippen molar-refractivity contribution in [3.63, 3.8) is 0 Å². The van der Waals surface area contributed by atoms with Crippen molar-refractivity contribution in [2.24, 2.45) is 5.41 Å². The molecule has 0 radical (unpaired) electrons. The maximum atomic E-state index is 12.6. The van der Waals surface area contributed by atoms with Gasteiger partial charge in [0.1, 0.15) is 0 Å². The summed E-state index contributed by atoms with van der Waals surface area (Å²) in [5.74, 6) is 0.493. The summed E-state index contributed by atoms with van der Waals surface area (Å²) < 4.78 is 0. The zero-order valence-electron chi connectivity index (χ0n) is 15.9. The van der Waals surface area contributed by atoms with E-state index in [0.29, 0.717) is 6.54 Å². The number of carbonyl (C=O) groups is 2. The van der Waals surface area contributed by atoms with Gasteiger partial charge in [-0.05, 0) is 19.3 Å². The summed E-state index contributed by atoms with van der Waals surface area (Å²) in [7, 11) is 0. The van der Waals surface area contributed by atoms with Crippen molar-refractivity contribution < 1.29 is 9.59 Å². The Hall–Kier alpha value is -1.10. The van der Waals surface area contributed by atoms with Gasteiger partial charge in [0.2, 0.25) is 11.8 Å². The molecular formula is C19H35N3O2. The highest BCUT2D eigenvalue weighted by atomic mass is 16.2. The van der Waals surface area contributed by atoms with Gasteiger partial charge < -0.3 is 9.80 Å². The van der Waals surface area contributed by atoms with Gasteiger partial charge >= 0.3 is 0 Å². The molecule has 2 amide bonds. The van der Waals surface area contributed by atoms with Gasteiger partial charge in [-0.3, -0.25) is 14.5 Å². The molecule has 0 bridgehead atoms. The van der Waals surface area contributed by atoms with Crippen LogP contribution in [0.5, 0.6) is 0 Å². The molecule has 0 aromatic heterocycles. The van der Waals surface area contributed by atoms with Crippen LogP contribution in [-0.2, 0) is 9.59 Å². The molecule has 2 saturated heterocycles.